The number of ether oxygens (including phenoxy) is 2. The fraction of sp³-hybridized carbons (Fsp3) is 0.167. The number of hydrogen-bond acceptors (Lipinski definition) is 7. The van der Waals surface area contributed by atoms with Gasteiger partial charge in [-0.25, -0.2) is 0 Å². The molecule has 0 fully saturated rings. The summed E-state index contributed by atoms with van der Waals surface area (Å²) < 4.78 is 10.8. The highest BCUT2D eigenvalue weighted by Crippen LogP contribution is 2.19. The number of anilines is 3. The zero-order valence-electron chi connectivity index (χ0n) is 14.1. The van der Waals surface area contributed by atoms with Gasteiger partial charge in [0.1, 0.15) is 18.1 Å². The van der Waals surface area contributed by atoms with Crippen molar-refractivity contribution in [1.82, 2.24) is 15.2 Å². The van der Waals surface area contributed by atoms with Crippen molar-refractivity contribution in [2.75, 3.05) is 30.9 Å². The fourth-order valence-corrected chi connectivity index (χ4v) is 2.35. The maximum Gasteiger partial charge on any atom is 0.244 e. The first-order chi connectivity index (χ1) is 12.7. The van der Waals surface area contributed by atoms with Crippen LogP contribution in [0.25, 0.3) is 0 Å². The lowest BCUT2D eigenvalue weighted by Crippen LogP contribution is -2.14. The maximum absolute atomic E-state index is 5.97. The Kier molecular flexibility index (Phi) is 6.05. The minimum Gasteiger partial charge on any atom is -0.497 e. The number of benzene rings is 2. The lowest BCUT2D eigenvalue weighted by Gasteiger charge is -2.09. The molecule has 0 bridgehead atoms. The molecule has 0 aliphatic heterocycles. The van der Waals surface area contributed by atoms with Gasteiger partial charge >= 0.3 is 0 Å². The summed E-state index contributed by atoms with van der Waals surface area (Å²) >= 11 is 5.97. The van der Waals surface area contributed by atoms with Crippen molar-refractivity contribution in [3.8, 4) is 11.5 Å². The minimum absolute atomic E-state index is 0.412. The molecule has 0 radical (unpaired) electrons. The molecule has 0 saturated heterocycles. The van der Waals surface area contributed by atoms with Crippen LogP contribution in [0, 0.1) is 0 Å². The summed E-state index contributed by atoms with van der Waals surface area (Å²) in [6.45, 7) is 0.996. The normalized spacial score (nSPS) is 10.2. The molecule has 134 valence electrons. The molecule has 1 heterocycles. The molecule has 8 heteroatoms. The number of nitrogens with zero attached hydrogens (tertiary/aromatic N) is 3. The lowest BCUT2D eigenvalue weighted by atomic mass is 10.3. The number of hydrogen-bond donors (Lipinski definition) is 2. The van der Waals surface area contributed by atoms with Crippen molar-refractivity contribution in [2.45, 2.75) is 0 Å². The lowest BCUT2D eigenvalue weighted by molar-refractivity contribution is 0.331. The molecule has 3 rings (SSSR count). The molecular formula is C18H18ClN5O2. The van der Waals surface area contributed by atoms with Gasteiger partial charge in [0.15, 0.2) is 5.82 Å². The van der Waals surface area contributed by atoms with E-state index < -0.39 is 0 Å². The number of halogens is 1. The van der Waals surface area contributed by atoms with E-state index in [1.807, 2.05) is 36.4 Å². The standard InChI is InChI=1S/C18H18ClN5O2/c1-25-15-5-7-16(8-6-15)26-10-9-20-18-23-17(12-21-24-18)22-14-4-2-3-13(19)11-14/h2-8,11-12H,9-10H2,1H3,(H2,20,22,23,24). The van der Waals surface area contributed by atoms with Gasteiger partial charge in [-0.15, -0.1) is 5.10 Å². The van der Waals surface area contributed by atoms with E-state index in [9.17, 15) is 0 Å². The first-order valence-corrected chi connectivity index (χ1v) is 8.34. The molecule has 0 amide bonds. The Labute approximate surface area is 156 Å². The summed E-state index contributed by atoms with van der Waals surface area (Å²) in [6, 6.07) is 14.8. The summed E-state index contributed by atoms with van der Waals surface area (Å²) in [5.41, 5.74) is 0.826. The highest BCUT2D eigenvalue weighted by Gasteiger charge is 2.02. The Hall–Kier alpha value is -3.06. The molecule has 0 saturated carbocycles. The molecular weight excluding hydrogens is 354 g/mol. The van der Waals surface area contributed by atoms with E-state index in [-0.39, 0.29) is 0 Å². The highest BCUT2D eigenvalue weighted by atomic mass is 35.5. The quantitative estimate of drug-likeness (QED) is 0.583. The summed E-state index contributed by atoms with van der Waals surface area (Å²) in [7, 11) is 1.63. The van der Waals surface area contributed by atoms with Crippen LogP contribution < -0.4 is 20.1 Å². The topological polar surface area (TPSA) is 81.2 Å². The van der Waals surface area contributed by atoms with Gasteiger partial charge in [0.2, 0.25) is 5.95 Å². The first kappa shape index (κ1) is 17.8. The van der Waals surface area contributed by atoms with Gasteiger partial charge in [0.25, 0.3) is 0 Å². The molecule has 7 nitrogen and oxygen atoms in total. The zero-order chi connectivity index (χ0) is 18.2. The fourth-order valence-electron chi connectivity index (χ4n) is 2.16. The summed E-state index contributed by atoms with van der Waals surface area (Å²) in [5.74, 6) is 2.54. The Morgan fingerprint density at radius 1 is 1.08 bits per heavy atom. The Balaban J connectivity index is 1.49. The van der Waals surface area contributed by atoms with Crippen LogP contribution in [0.4, 0.5) is 17.5 Å². The number of rotatable bonds is 8. The van der Waals surface area contributed by atoms with Crippen molar-refractivity contribution >= 4 is 29.1 Å². The first-order valence-electron chi connectivity index (χ1n) is 7.96. The van der Waals surface area contributed by atoms with Crippen molar-refractivity contribution in [1.29, 1.82) is 0 Å². The van der Waals surface area contributed by atoms with Crippen molar-refractivity contribution in [3.63, 3.8) is 0 Å². The average Bonchev–Trinajstić information content (AvgIpc) is 2.66. The van der Waals surface area contributed by atoms with Crippen LogP contribution in [-0.2, 0) is 0 Å². The van der Waals surface area contributed by atoms with Crippen molar-refractivity contribution in [2.24, 2.45) is 0 Å². The van der Waals surface area contributed by atoms with E-state index >= 15 is 0 Å². The molecule has 0 spiro atoms. The van der Waals surface area contributed by atoms with E-state index in [0.717, 1.165) is 17.2 Å². The predicted molar refractivity (Wildman–Crippen MR) is 102 cm³/mol. The third-order valence-corrected chi connectivity index (χ3v) is 3.60. The Morgan fingerprint density at radius 2 is 1.88 bits per heavy atom. The van der Waals surface area contributed by atoms with Gasteiger partial charge in [0, 0.05) is 10.7 Å². The molecule has 0 aliphatic carbocycles. The van der Waals surface area contributed by atoms with Gasteiger partial charge in [-0.1, -0.05) is 17.7 Å². The van der Waals surface area contributed by atoms with Crippen LogP contribution in [0.1, 0.15) is 0 Å². The van der Waals surface area contributed by atoms with E-state index in [1.54, 1.807) is 25.4 Å². The largest absolute Gasteiger partial charge is 0.497 e. The van der Waals surface area contributed by atoms with Gasteiger partial charge in [0.05, 0.1) is 19.9 Å². The average molecular weight is 372 g/mol. The van der Waals surface area contributed by atoms with Crippen LogP contribution in [-0.4, -0.2) is 35.4 Å². The molecule has 2 aromatic carbocycles. The summed E-state index contributed by atoms with van der Waals surface area (Å²) in [6.07, 6.45) is 1.54. The number of aromatic nitrogens is 3. The monoisotopic (exact) mass is 371 g/mol. The van der Waals surface area contributed by atoms with E-state index in [4.69, 9.17) is 21.1 Å². The molecule has 26 heavy (non-hydrogen) atoms. The van der Waals surface area contributed by atoms with Crippen LogP contribution in [0.3, 0.4) is 0 Å². The van der Waals surface area contributed by atoms with Crippen molar-refractivity contribution < 1.29 is 9.47 Å². The van der Waals surface area contributed by atoms with Gasteiger partial charge in [-0.2, -0.15) is 10.1 Å². The predicted octanol–water partition coefficient (Wildman–Crippen LogP) is 3.77. The number of nitrogens with one attached hydrogen (secondary N) is 2. The molecule has 0 aliphatic rings. The zero-order valence-corrected chi connectivity index (χ0v) is 14.9. The molecule has 1 aromatic heterocycles. The molecule has 2 N–H and O–H groups in total. The second kappa shape index (κ2) is 8.87. The second-order valence-electron chi connectivity index (χ2n) is 5.25. The summed E-state index contributed by atoms with van der Waals surface area (Å²) in [4.78, 5) is 4.35. The van der Waals surface area contributed by atoms with Gasteiger partial charge < -0.3 is 20.1 Å². The van der Waals surface area contributed by atoms with Gasteiger partial charge in [-0.05, 0) is 42.5 Å². The number of methoxy groups -OCH3 is 1. The van der Waals surface area contributed by atoms with E-state index in [1.165, 1.54) is 0 Å². The third kappa shape index (κ3) is 5.22. The summed E-state index contributed by atoms with van der Waals surface area (Å²) in [5, 5.41) is 14.7. The van der Waals surface area contributed by atoms with Crippen LogP contribution >= 0.6 is 11.6 Å². The molecule has 0 unspecified atom stereocenters. The smallest absolute Gasteiger partial charge is 0.244 e. The molecule has 0 atom stereocenters. The molecule has 3 aromatic rings. The van der Waals surface area contributed by atoms with Crippen LogP contribution in [0.15, 0.2) is 54.7 Å². The van der Waals surface area contributed by atoms with Gasteiger partial charge in [-0.3, -0.25) is 0 Å². The minimum atomic E-state index is 0.412. The highest BCUT2D eigenvalue weighted by molar-refractivity contribution is 6.30. The Bertz CT molecular complexity index is 845. The van der Waals surface area contributed by atoms with E-state index in [0.29, 0.717) is 29.9 Å². The second-order valence-corrected chi connectivity index (χ2v) is 5.69. The van der Waals surface area contributed by atoms with E-state index in [2.05, 4.69) is 25.8 Å². The third-order valence-electron chi connectivity index (χ3n) is 3.37. The SMILES string of the molecule is COc1ccc(OCCNc2nncc(Nc3cccc(Cl)c3)n2)cc1. The Morgan fingerprint density at radius 3 is 2.65 bits per heavy atom. The van der Waals surface area contributed by atoms with Crippen LogP contribution in [0.2, 0.25) is 5.02 Å². The van der Waals surface area contributed by atoms with Crippen LogP contribution in [0.5, 0.6) is 11.5 Å². The maximum atomic E-state index is 5.97. The van der Waals surface area contributed by atoms with Crippen molar-refractivity contribution in [3.05, 3.63) is 59.8 Å².